The molecule has 0 spiro atoms. The van der Waals surface area contributed by atoms with Crippen molar-refractivity contribution in [3.8, 4) is 0 Å². The molecule has 1 aromatic carbocycles. The third kappa shape index (κ3) is 2.74. The fourth-order valence-corrected chi connectivity index (χ4v) is 3.28. The molecule has 2 aromatic rings. The van der Waals surface area contributed by atoms with Gasteiger partial charge in [0, 0.05) is 9.70 Å². The second kappa shape index (κ2) is 5.15. The second-order valence-electron chi connectivity index (χ2n) is 4.09. The van der Waals surface area contributed by atoms with Crippen LogP contribution in [0.1, 0.15) is 26.4 Å². The van der Waals surface area contributed by atoms with Gasteiger partial charge in [0.25, 0.3) is 0 Å². The largest absolute Gasteiger partial charge is 0.149 e. The Morgan fingerprint density at radius 2 is 2.00 bits per heavy atom. The summed E-state index contributed by atoms with van der Waals surface area (Å²) in [5.74, 6) is 0. The van der Waals surface area contributed by atoms with E-state index in [9.17, 15) is 0 Å². The van der Waals surface area contributed by atoms with E-state index in [0.29, 0.717) is 4.83 Å². The minimum Gasteiger partial charge on any atom is -0.149 e. The summed E-state index contributed by atoms with van der Waals surface area (Å²) in [6, 6.07) is 11.0. The maximum atomic E-state index is 3.77. The average Bonchev–Trinajstić information content (AvgIpc) is 2.74. The van der Waals surface area contributed by atoms with Gasteiger partial charge in [0.2, 0.25) is 0 Å². The molecule has 1 aromatic heterocycles. The van der Waals surface area contributed by atoms with Crippen LogP contribution in [0.25, 0.3) is 0 Å². The molecule has 0 bridgehead atoms. The first kappa shape index (κ1) is 11.9. The van der Waals surface area contributed by atoms with Crippen LogP contribution in [0.5, 0.6) is 0 Å². The Hall–Kier alpha value is -0.600. The zero-order valence-electron chi connectivity index (χ0n) is 9.53. The number of thiophene rings is 1. The van der Waals surface area contributed by atoms with Gasteiger partial charge >= 0.3 is 0 Å². The topological polar surface area (TPSA) is 0 Å². The molecule has 0 aliphatic heterocycles. The Morgan fingerprint density at radius 3 is 2.62 bits per heavy atom. The van der Waals surface area contributed by atoms with E-state index < -0.39 is 0 Å². The predicted molar refractivity (Wildman–Crippen MR) is 75.6 cm³/mol. The number of alkyl halides is 1. The zero-order chi connectivity index (χ0) is 11.5. The van der Waals surface area contributed by atoms with Crippen LogP contribution in [0.3, 0.4) is 0 Å². The first-order valence-electron chi connectivity index (χ1n) is 5.40. The van der Waals surface area contributed by atoms with Gasteiger partial charge in [-0.15, -0.1) is 11.3 Å². The minimum atomic E-state index is 0.422. The summed E-state index contributed by atoms with van der Waals surface area (Å²) in [6.07, 6.45) is 1.07. The number of hydrogen-bond acceptors (Lipinski definition) is 1. The first-order chi connectivity index (χ1) is 7.66. The highest BCUT2D eigenvalue weighted by molar-refractivity contribution is 9.09. The summed E-state index contributed by atoms with van der Waals surface area (Å²) in [6.45, 7) is 4.32. The third-order valence-corrected chi connectivity index (χ3v) is 4.60. The van der Waals surface area contributed by atoms with Gasteiger partial charge in [-0.1, -0.05) is 40.2 Å². The average molecular weight is 295 g/mol. The lowest BCUT2D eigenvalue weighted by atomic mass is 10.0. The van der Waals surface area contributed by atoms with Gasteiger partial charge in [-0.25, -0.2) is 0 Å². The van der Waals surface area contributed by atoms with Gasteiger partial charge in [0.15, 0.2) is 0 Å². The highest BCUT2D eigenvalue weighted by Gasteiger charge is 2.09. The second-order valence-corrected chi connectivity index (χ2v) is 6.23. The van der Waals surface area contributed by atoms with E-state index in [1.54, 1.807) is 0 Å². The third-order valence-electron chi connectivity index (χ3n) is 2.85. The van der Waals surface area contributed by atoms with Crippen molar-refractivity contribution in [3.05, 3.63) is 57.3 Å². The Morgan fingerprint density at radius 1 is 1.19 bits per heavy atom. The molecule has 0 N–H and O–H groups in total. The molecule has 16 heavy (non-hydrogen) atoms. The van der Waals surface area contributed by atoms with Crippen molar-refractivity contribution in [2.24, 2.45) is 0 Å². The summed E-state index contributed by atoms with van der Waals surface area (Å²) >= 11 is 5.60. The van der Waals surface area contributed by atoms with Crippen molar-refractivity contribution >= 4 is 27.3 Å². The Bertz CT molecular complexity index is 460. The molecule has 0 amide bonds. The highest BCUT2D eigenvalue weighted by Crippen LogP contribution is 2.29. The van der Waals surface area contributed by atoms with Gasteiger partial charge < -0.3 is 0 Å². The van der Waals surface area contributed by atoms with E-state index in [0.717, 1.165) is 6.42 Å². The van der Waals surface area contributed by atoms with Crippen molar-refractivity contribution in [2.75, 3.05) is 0 Å². The molecule has 0 fully saturated rings. The minimum absolute atomic E-state index is 0.422. The smallest absolute Gasteiger partial charge is 0.0443 e. The van der Waals surface area contributed by atoms with Crippen molar-refractivity contribution in [1.29, 1.82) is 0 Å². The number of hydrogen-bond donors (Lipinski definition) is 0. The highest BCUT2D eigenvalue weighted by atomic mass is 79.9. The molecular weight excluding hydrogens is 280 g/mol. The molecule has 0 saturated carbocycles. The molecule has 0 radical (unpaired) electrons. The van der Waals surface area contributed by atoms with Gasteiger partial charge in [-0.2, -0.15) is 0 Å². The maximum Gasteiger partial charge on any atom is 0.0443 e. The number of benzene rings is 1. The van der Waals surface area contributed by atoms with Crippen molar-refractivity contribution < 1.29 is 0 Å². The first-order valence-corrected chi connectivity index (χ1v) is 7.20. The molecule has 1 atom stereocenters. The van der Waals surface area contributed by atoms with Crippen LogP contribution in [0.4, 0.5) is 0 Å². The van der Waals surface area contributed by atoms with Crippen molar-refractivity contribution in [3.63, 3.8) is 0 Å². The lowest BCUT2D eigenvalue weighted by Crippen LogP contribution is -1.95. The lowest BCUT2D eigenvalue weighted by Gasteiger charge is -2.11. The molecule has 1 heterocycles. The Labute approximate surface area is 109 Å². The lowest BCUT2D eigenvalue weighted by molar-refractivity contribution is 0.964. The van der Waals surface area contributed by atoms with Crippen LogP contribution < -0.4 is 0 Å². The van der Waals surface area contributed by atoms with Crippen molar-refractivity contribution in [2.45, 2.75) is 25.1 Å². The standard InChI is InChI=1S/C14H15BrS/c1-10-5-6-12(8-11(10)2)14(15)9-13-4-3-7-16-13/h3-8,14H,9H2,1-2H3. The summed E-state index contributed by atoms with van der Waals surface area (Å²) < 4.78 is 0. The van der Waals surface area contributed by atoms with E-state index in [1.807, 2.05) is 11.3 Å². The van der Waals surface area contributed by atoms with E-state index >= 15 is 0 Å². The summed E-state index contributed by atoms with van der Waals surface area (Å²) in [5, 5.41) is 2.13. The van der Waals surface area contributed by atoms with Crippen LogP contribution in [0.15, 0.2) is 35.7 Å². The van der Waals surface area contributed by atoms with Crippen LogP contribution in [0, 0.1) is 13.8 Å². The zero-order valence-corrected chi connectivity index (χ0v) is 11.9. The van der Waals surface area contributed by atoms with Gasteiger partial charge in [0.05, 0.1) is 0 Å². The molecule has 84 valence electrons. The molecule has 2 rings (SSSR count). The fourth-order valence-electron chi connectivity index (χ4n) is 1.68. The van der Waals surface area contributed by atoms with Crippen LogP contribution >= 0.6 is 27.3 Å². The SMILES string of the molecule is Cc1ccc(C(Br)Cc2cccs2)cc1C. The van der Waals surface area contributed by atoms with Crippen LogP contribution in [-0.2, 0) is 6.42 Å². The molecule has 0 nitrogen and oxygen atoms in total. The number of halogens is 1. The maximum absolute atomic E-state index is 3.77. The van der Waals surface area contributed by atoms with E-state index in [-0.39, 0.29) is 0 Å². The molecule has 0 saturated heterocycles. The van der Waals surface area contributed by atoms with E-state index in [1.165, 1.54) is 21.6 Å². The molecule has 1 unspecified atom stereocenters. The summed E-state index contributed by atoms with van der Waals surface area (Å²) in [4.78, 5) is 1.85. The summed E-state index contributed by atoms with van der Waals surface area (Å²) in [5.41, 5.74) is 4.10. The van der Waals surface area contributed by atoms with Gasteiger partial charge in [-0.05, 0) is 48.4 Å². The number of aryl methyl sites for hydroxylation is 2. The molecule has 0 aliphatic rings. The van der Waals surface area contributed by atoms with Crippen molar-refractivity contribution in [1.82, 2.24) is 0 Å². The predicted octanol–water partition coefficient (Wildman–Crippen LogP) is 5.04. The van der Waals surface area contributed by atoms with E-state index in [4.69, 9.17) is 0 Å². The summed E-state index contributed by atoms with van der Waals surface area (Å²) in [7, 11) is 0. The van der Waals surface area contributed by atoms with Gasteiger partial charge in [0.1, 0.15) is 0 Å². The molecule has 0 aliphatic carbocycles. The molecular formula is C14H15BrS. The normalized spacial score (nSPS) is 12.7. The van der Waals surface area contributed by atoms with Gasteiger partial charge in [-0.3, -0.25) is 0 Å². The fraction of sp³-hybridized carbons (Fsp3) is 0.286. The van der Waals surface area contributed by atoms with Crippen LogP contribution in [-0.4, -0.2) is 0 Å². The quantitative estimate of drug-likeness (QED) is 0.696. The van der Waals surface area contributed by atoms with E-state index in [2.05, 4.69) is 65.5 Å². The Kier molecular flexibility index (Phi) is 3.82. The number of rotatable bonds is 3. The Balaban J connectivity index is 2.14. The van der Waals surface area contributed by atoms with Crippen LogP contribution in [0.2, 0.25) is 0 Å². The molecule has 2 heteroatoms. The monoisotopic (exact) mass is 294 g/mol.